The van der Waals surface area contributed by atoms with Gasteiger partial charge < -0.3 is 9.30 Å². The number of hydrogen-bond donors (Lipinski definition) is 1. The molecule has 0 amide bonds. The van der Waals surface area contributed by atoms with Gasteiger partial charge in [-0.25, -0.2) is 0 Å². The SMILES string of the molecule is O=c1ccc(-c2ccc3cn[nH]c3c2)cn1CC1CCOCC1. The van der Waals surface area contributed by atoms with E-state index < -0.39 is 0 Å². The molecular formula is C18H19N3O2. The number of nitrogens with one attached hydrogen (secondary N) is 1. The van der Waals surface area contributed by atoms with E-state index in [1.54, 1.807) is 6.07 Å². The molecule has 0 radical (unpaired) electrons. The van der Waals surface area contributed by atoms with E-state index >= 15 is 0 Å². The van der Waals surface area contributed by atoms with Crippen LogP contribution in [0.4, 0.5) is 0 Å². The zero-order chi connectivity index (χ0) is 15.6. The van der Waals surface area contributed by atoms with Crippen LogP contribution in [0.2, 0.25) is 0 Å². The summed E-state index contributed by atoms with van der Waals surface area (Å²) in [6.45, 7) is 2.37. The van der Waals surface area contributed by atoms with Gasteiger partial charge in [-0.1, -0.05) is 12.1 Å². The summed E-state index contributed by atoms with van der Waals surface area (Å²) < 4.78 is 7.23. The minimum Gasteiger partial charge on any atom is -0.381 e. The Labute approximate surface area is 133 Å². The standard InChI is InChI=1S/C18H19N3O2/c22-18-4-3-16(12-21(18)11-13-5-7-23-8-6-13)14-1-2-15-10-19-20-17(15)9-14/h1-4,9-10,12-13H,5-8,11H2,(H,19,20). The lowest BCUT2D eigenvalue weighted by atomic mass is 10.00. The summed E-state index contributed by atoms with van der Waals surface area (Å²) in [4.78, 5) is 12.2. The Hall–Kier alpha value is -2.40. The van der Waals surface area contributed by atoms with Gasteiger partial charge in [-0.05, 0) is 42.0 Å². The maximum absolute atomic E-state index is 12.2. The van der Waals surface area contributed by atoms with Crippen molar-refractivity contribution in [2.45, 2.75) is 19.4 Å². The Bertz CT molecular complexity index is 875. The molecule has 1 N–H and O–H groups in total. The van der Waals surface area contributed by atoms with Crippen molar-refractivity contribution >= 4 is 10.9 Å². The number of pyridine rings is 1. The molecule has 1 fully saturated rings. The molecule has 3 aromatic rings. The van der Waals surface area contributed by atoms with Crippen LogP contribution in [0.15, 0.2) is 47.5 Å². The number of nitrogens with zero attached hydrogens (tertiary/aromatic N) is 2. The third kappa shape index (κ3) is 2.92. The van der Waals surface area contributed by atoms with Crippen molar-refractivity contribution in [3.63, 3.8) is 0 Å². The lowest BCUT2D eigenvalue weighted by molar-refractivity contribution is 0.0609. The van der Waals surface area contributed by atoms with Gasteiger partial charge in [0.1, 0.15) is 0 Å². The van der Waals surface area contributed by atoms with E-state index in [0.717, 1.165) is 54.6 Å². The zero-order valence-electron chi connectivity index (χ0n) is 12.9. The fourth-order valence-corrected chi connectivity index (χ4v) is 3.17. The second kappa shape index (κ2) is 6.01. The number of hydrogen-bond acceptors (Lipinski definition) is 3. The molecule has 0 unspecified atom stereocenters. The molecule has 23 heavy (non-hydrogen) atoms. The van der Waals surface area contributed by atoms with E-state index in [0.29, 0.717) is 5.92 Å². The fourth-order valence-electron chi connectivity index (χ4n) is 3.17. The number of benzene rings is 1. The molecule has 0 saturated carbocycles. The monoisotopic (exact) mass is 309 g/mol. The highest BCUT2D eigenvalue weighted by Gasteiger charge is 2.15. The van der Waals surface area contributed by atoms with Crippen LogP contribution in [0.5, 0.6) is 0 Å². The summed E-state index contributed by atoms with van der Waals surface area (Å²) in [5.74, 6) is 0.520. The first-order valence-electron chi connectivity index (χ1n) is 8.01. The highest BCUT2D eigenvalue weighted by molar-refractivity contribution is 5.83. The van der Waals surface area contributed by atoms with Gasteiger partial charge in [0.25, 0.3) is 5.56 Å². The van der Waals surface area contributed by atoms with Crippen LogP contribution in [0.25, 0.3) is 22.0 Å². The Morgan fingerprint density at radius 3 is 2.87 bits per heavy atom. The van der Waals surface area contributed by atoms with Crippen molar-refractivity contribution < 1.29 is 4.74 Å². The summed E-state index contributed by atoms with van der Waals surface area (Å²) >= 11 is 0. The van der Waals surface area contributed by atoms with Gasteiger partial charge in [0, 0.05) is 37.4 Å². The van der Waals surface area contributed by atoms with E-state index in [4.69, 9.17) is 4.74 Å². The number of fused-ring (bicyclic) bond motifs is 1. The van der Waals surface area contributed by atoms with E-state index in [1.807, 2.05) is 29.1 Å². The minimum absolute atomic E-state index is 0.0582. The molecule has 0 atom stereocenters. The van der Waals surface area contributed by atoms with E-state index in [-0.39, 0.29) is 5.56 Å². The van der Waals surface area contributed by atoms with Crippen molar-refractivity contribution in [2.75, 3.05) is 13.2 Å². The van der Waals surface area contributed by atoms with Crippen LogP contribution in [-0.2, 0) is 11.3 Å². The predicted octanol–water partition coefficient (Wildman–Crippen LogP) is 2.82. The van der Waals surface area contributed by atoms with Gasteiger partial charge in [-0.15, -0.1) is 0 Å². The molecule has 1 aliphatic rings. The van der Waals surface area contributed by atoms with Crippen LogP contribution >= 0.6 is 0 Å². The average Bonchev–Trinajstić information content (AvgIpc) is 3.05. The van der Waals surface area contributed by atoms with Gasteiger partial charge in [0.15, 0.2) is 0 Å². The van der Waals surface area contributed by atoms with E-state index in [2.05, 4.69) is 22.3 Å². The van der Waals surface area contributed by atoms with Crippen LogP contribution < -0.4 is 5.56 Å². The topological polar surface area (TPSA) is 59.9 Å². The minimum atomic E-state index is 0.0582. The second-order valence-corrected chi connectivity index (χ2v) is 6.14. The number of aromatic amines is 1. The Kier molecular flexibility index (Phi) is 3.71. The summed E-state index contributed by atoms with van der Waals surface area (Å²) in [5.41, 5.74) is 3.20. The molecule has 4 rings (SSSR count). The Morgan fingerprint density at radius 1 is 1.17 bits per heavy atom. The molecule has 0 aliphatic carbocycles. The number of H-pyrrole nitrogens is 1. The van der Waals surface area contributed by atoms with Crippen LogP contribution in [0.3, 0.4) is 0 Å². The molecule has 0 bridgehead atoms. The normalized spacial score (nSPS) is 16.0. The predicted molar refractivity (Wildman–Crippen MR) is 89.3 cm³/mol. The molecule has 1 saturated heterocycles. The molecular weight excluding hydrogens is 290 g/mol. The quantitative estimate of drug-likeness (QED) is 0.809. The van der Waals surface area contributed by atoms with Crippen molar-refractivity contribution in [3.8, 4) is 11.1 Å². The van der Waals surface area contributed by atoms with Crippen molar-refractivity contribution in [2.24, 2.45) is 5.92 Å². The smallest absolute Gasteiger partial charge is 0.250 e. The number of ether oxygens (including phenoxy) is 1. The molecule has 3 heterocycles. The third-order valence-corrected chi connectivity index (χ3v) is 4.55. The van der Waals surface area contributed by atoms with Gasteiger partial charge in [-0.2, -0.15) is 5.10 Å². The largest absolute Gasteiger partial charge is 0.381 e. The second-order valence-electron chi connectivity index (χ2n) is 6.14. The summed E-state index contributed by atoms with van der Waals surface area (Å²) in [7, 11) is 0. The highest BCUT2D eigenvalue weighted by atomic mass is 16.5. The lowest BCUT2D eigenvalue weighted by Crippen LogP contribution is -2.26. The fraction of sp³-hybridized carbons (Fsp3) is 0.333. The first-order chi connectivity index (χ1) is 11.3. The summed E-state index contributed by atoms with van der Waals surface area (Å²) in [5, 5.41) is 8.13. The molecule has 5 heteroatoms. The maximum Gasteiger partial charge on any atom is 0.250 e. The highest BCUT2D eigenvalue weighted by Crippen LogP contribution is 2.23. The van der Waals surface area contributed by atoms with Gasteiger partial charge >= 0.3 is 0 Å². The maximum atomic E-state index is 12.2. The summed E-state index contributed by atoms with van der Waals surface area (Å²) in [6.07, 6.45) is 5.83. The van der Waals surface area contributed by atoms with Gasteiger partial charge in [0.2, 0.25) is 0 Å². The van der Waals surface area contributed by atoms with Gasteiger partial charge in [0.05, 0.1) is 11.7 Å². The van der Waals surface area contributed by atoms with Crippen LogP contribution in [-0.4, -0.2) is 28.0 Å². The first-order valence-corrected chi connectivity index (χ1v) is 8.01. The average molecular weight is 309 g/mol. The van der Waals surface area contributed by atoms with Crippen molar-refractivity contribution in [3.05, 3.63) is 53.1 Å². The van der Waals surface area contributed by atoms with Crippen LogP contribution in [0.1, 0.15) is 12.8 Å². The zero-order valence-corrected chi connectivity index (χ0v) is 12.9. The third-order valence-electron chi connectivity index (χ3n) is 4.55. The molecule has 118 valence electrons. The number of rotatable bonds is 3. The lowest BCUT2D eigenvalue weighted by Gasteiger charge is -2.23. The summed E-state index contributed by atoms with van der Waals surface area (Å²) in [6, 6.07) is 9.73. The molecule has 1 aromatic carbocycles. The van der Waals surface area contributed by atoms with Gasteiger partial charge in [-0.3, -0.25) is 9.89 Å². The molecule has 0 spiro atoms. The van der Waals surface area contributed by atoms with Crippen molar-refractivity contribution in [1.82, 2.24) is 14.8 Å². The molecule has 5 nitrogen and oxygen atoms in total. The van der Waals surface area contributed by atoms with Crippen molar-refractivity contribution in [1.29, 1.82) is 0 Å². The van der Waals surface area contributed by atoms with E-state index in [1.165, 1.54) is 0 Å². The Morgan fingerprint density at radius 2 is 2.00 bits per heavy atom. The van der Waals surface area contributed by atoms with E-state index in [9.17, 15) is 4.79 Å². The Balaban J connectivity index is 1.66. The molecule has 1 aliphatic heterocycles. The molecule has 2 aromatic heterocycles. The first kappa shape index (κ1) is 14.2. The number of aromatic nitrogens is 3. The van der Waals surface area contributed by atoms with Crippen LogP contribution in [0, 0.1) is 5.92 Å².